The van der Waals surface area contributed by atoms with Gasteiger partial charge in [-0.3, -0.25) is 0 Å². The molecule has 1 atom stereocenters. The second kappa shape index (κ2) is 3.95. The standard InChI is InChI=1S/C11H13ClO/c1-3-8-11(2,13)9-4-6-10(12)7-5-9/h3-7,13H,1,8H2,2H3. The Hall–Kier alpha value is -0.790. The summed E-state index contributed by atoms with van der Waals surface area (Å²) in [7, 11) is 0. The molecule has 0 spiro atoms. The van der Waals surface area contributed by atoms with Crippen molar-refractivity contribution >= 4 is 11.6 Å². The number of aliphatic hydroxyl groups is 1. The van der Waals surface area contributed by atoms with Gasteiger partial charge in [0.15, 0.2) is 0 Å². The molecule has 1 N–H and O–H groups in total. The molecule has 0 saturated heterocycles. The van der Waals surface area contributed by atoms with Crippen molar-refractivity contribution in [3.8, 4) is 0 Å². The van der Waals surface area contributed by atoms with Crippen LogP contribution in [0.5, 0.6) is 0 Å². The van der Waals surface area contributed by atoms with E-state index in [1.165, 1.54) is 0 Å². The first-order valence-electron chi connectivity index (χ1n) is 4.15. The van der Waals surface area contributed by atoms with Crippen molar-refractivity contribution in [1.82, 2.24) is 0 Å². The molecule has 0 amide bonds. The fourth-order valence-electron chi connectivity index (χ4n) is 1.21. The molecule has 0 aliphatic carbocycles. The maximum Gasteiger partial charge on any atom is 0.0902 e. The van der Waals surface area contributed by atoms with Crippen molar-refractivity contribution in [2.24, 2.45) is 0 Å². The van der Waals surface area contributed by atoms with Gasteiger partial charge < -0.3 is 5.11 Å². The summed E-state index contributed by atoms with van der Waals surface area (Å²) in [5, 5.41) is 10.6. The van der Waals surface area contributed by atoms with E-state index < -0.39 is 5.60 Å². The van der Waals surface area contributed by atoms with Crippen molar-refractivity contribution < 1.29 is 5.11 Å². The summed E-state index contributed by atoms with van der Waals surface area (Å²) in [5.74, 6) is 0. The highest BCUT2D eigenvalue weighted by molar-refractivity contribution is 6.30. The molecule has 13 heavy (non-hydrogen) atoms. The fraction of sp³-hybridized carbons (Fsp3) is 0.273. The summed E-state index contributed by atoms with van der Waals surface area (Å²) in [4.78, 5) is 0. The number of hydrogen-bond donors (Lipinski definition) is 1. The zero-order chi connectivity index (χ0) is 9.90. The van der Waals surface area contributed by atoms with Crippen LogP contribution in [0.15, 0.2) is 36.9 Å². The van der Waals surface area contributed by atoms with Crippen LogP contribution in [0.4, 0.5) is 0 Å². The minimum Gasteiger partial charge on any atom is -0.385 e. The first-order chi connectivity index (χ1) is 6.06. The van der Waals surface area contributed by atoms with Crippen LogP contribution in [0.3, 0.4) is 0 Å². The lowest BCUT2D eigenvalue weighted by atomic mass is 9.93. The minimum absolute atomic E-state index is 0.536. The lowest BCUT2D eigenvalue weighted by molar-refractivity contribution is 0.0606. The van der Waals surface area contributed by atoms with Crippen LogP contribution >= 0.6 is 11.6 Å². The van der Waals surface area contributed by atoms with E-state index in [1.54, 1.807) is 25.1 Å². The van der Waals surface area contributed by atoms with Gasteiger partial charge in [0.1, 0.15) is 0 Å². The Morgan fingerprint density at radius 3 is 2.46 bits per heavy atom. The third-order valence-electron chi connectivity index (χ3n) is 2.01. The highest BCUT2D eigenvalue weighted by Crippen LogP contribution is 2.25. The second-order valence-corrected chi connectivity index (χ2v) is 3.71. The molecule has 0 bridgehead atoms. The Morgan fingerprint density at radius 1 is 1.46 bits per heavy atom. The monoisotopic (exact) mass is 196 g/mol. The summed E-state index contributed by atoms with van der Waals surface area (Å²) >= 11 is 5.74. The summed E-state index contributed by atoms with van der Waals surface area (Å²) in [5.41, 5.74) is 0.0172. The van der Waals surface area contributed by atoms with Crippen molar-refractivity contribution in [2.45, 2.75) is 18.9 Å². The predicted molar refractivity (Wildman–Crippen MR) is 55.8 cm³/mol. The first kappa shape index (κ1) is 10.3. The lowest BCUT2D eigenvalue weighted by Gasteiger charge is -2.21. The Labute approximate surface area is 83.7 Å². The molecule has 0 aliphatic heterocycles. The van der Waals surface area contributed by atoms with Gasteiger partial charge in [-0.25, -0.2) is 0 Å². The number of rotatable bonds is 3. The van der Waals surface area contributed by atoms with Crippen molar-refractivity contribution in [2.75, 3.05) is 0 Å². The van der Waals surface area contributed by atoms with Gasteiger partial charge in [-0.15, -0.1) is 6.58 Å². The lowest BCUT2D eigenvalue weighted by Crippen LogP contribution is -2.19. The Bertz CT molecular complexity index is 287. The van der Waals surface area contributed by atoms with Gasteiger partial charge in [0.05, 0.1) is 5.60 Å². The molecule has 0 heterocycles. The average Bonchev–Trinajstić information content (AvgIpc) is 2.05. The maximum atomic E-state index is 9.96. The summed E-state index contributed by atoms with van der Waals surface area (Å²) in [6.45, 7) is 5.36. The number of halogens is 1. The maximum absolute atomic E-state index is 9.96. The van der Waals surface area contributed by atoms with Crippen LogP contribution in [0.25, 0.3) is 0 Å². The highest BCUT2D eigenvalue weighted by Gasteiger charge is 2.20. The molecule has 1 nitrogen and oxygen atoms in total. The zero-order valence-electron chi connectivity index (χ0n) is 7.63. The molecule has 0 saturated carbocycles. The van der Waals surface area contributed by atoms with Gasteiger partial charge in [-0.05, 0) is 31.0 Å². The molecule has 1 aromatic rings. The van der Waals surface area contributed by atoms with E-state index in [2.05, 4.69) is 6.58 Å². The van der Waals surface area contributed by atoms with Crippen LogP contribution in [0.1, 0.15) is 18.9 Å². The molecule has 0 aromatic heterocycles. The third-order valence-corrected chi connectivity index (χ3v) is 2.26. The van der Waals surface area contributed by atoms with E-state index in [9.17, 15) is 5.11 Å². The van der Waals surface area contributed by atoms with E-state index in [0.717, 1.165) is 5.56 Å². The quantitative estimate of drug-likeness (QED) is 0.737. The molecule has 1 rings (SSSR count). The van der Waals surface area contributed by atoms with Crippen LogP contribution < -0.4 is 0 Å². The van der Waals surface area contributed by atoms with Gasteiger partial charge >= 0.3 is 0 Å². The van der Waals surface area contributed by atoms with E-state index in [1.807, 2.05) is 12.1 Å². The van der Waals surface area contributed by atoms with E-state index in [4.69, 9.17) is 11.6 Å². The van der Waals surface area contributed by atoms with Gasteiger partial charge in [-0.1, -0.05) is 29.8 Å². The Balaban J connectivity index is 2.93. The molecule has 1 unspecified atom stereocenters. The topological polar surface area (TPSA) is 20.2 Å². The molecule has 70 valence electrons. The van der Waals surface area contributed by atoms with E-state index >= 15 is 0 Å². The Kier molecular flexibility index (Phi) is 3.12. The molecular formula is C11H13ClO. The van der Waals surface area contributed by atoms with Crippen molar-refractivity contribution in [1.29, 1.82) is 0 Å². The van der Waals surface area contributed by atoms with Crippen molar-refractivity contribution in [3.05, 3.63) is 47.5 Å². The predicted octanol–water partition coefficient (Wildman–Crippen LogP) is 3.12. The fourth-order valence-corrected chi connectivity index (χ4v) is 1.33. The van der Waals surface area contributed by atoms with Gasteiger partial charge in [0.2, 0.25) is 0 Å². The summed E-state index contributed by atoms with van der Waals surface area (Å²) in [6.07, 6.45) is 2.24. The molecule has 2 heteroatoms. The molecule has 1 aromatic carbocycles. The van der Waals surface area contributed by atoms with Gasteiger partial charge in [-0.2, -0.15) is 0 Å². The van der Waals surface area contributed by atoms with Crippen LogP contribution in [0, 0.1) is 0 Å². The number of hydrogen-bond acceptors (Lipinski definition) is 1. The molecule has 0 fully saturated rings. The average molecular weight is 197 g/mol. The van der Waals surface area contributed by atoms with Crippen LogP contribution in [0.2, 0.25) is 5.02 Å². The molecular weight excluding hydrogens is 184 g/mol. The highest BCUT2D eigenvalue weighted by atomic mass is 35.5. The Morgan fingerprint density at radius 2 is 2.00 bits per heavy atom. The van der Waals surface area contributed by atoms with Gasteiger partial charge in [0.25, 0.3) is 0 Å². The SMILES string of the molecule is C=CCC(C)(O)c1ccc(Cl)cc1. The smallest absolute Gasteiger partial charge is 0.0902 e. The summed E-state index contributed by atoms with van der Waals surface area (Å²) < 4.78 is 0. The molecule has 0 aliphatic rings. The first-order valence-corrected chi connectivity index (χ1v) is 4.53. The van der Waals surface area contributed by atoms with Crippen molar-refractivity contribution in [3.63, 3.8) is 0 Å². The largest absolute Gasteiger partial charge is 0.385 e. The van der Waals surface area contributed by atoms with Crippen LogP contribution in [-0.2, 0) is 5.60 Å². The minimum atomic E-state index is -0.841. The normalized spacial score (nSPS) is 15.0. The molecule has 0 radical (unpaired) electrons. The van der Waals surface area contributed by atoms with Gasteiger partial charge in [0, 0.05) is 5.02 Å². The van der Waals surface area contributed by atoms with E-state index in [0.29, 0.717) is 11.4 Å². The number of benzene rings is 1. The second-order valence-electron chi connectivity index (χ2n) is 3.27. The zero-order valence-corrected chi connectivity index (χ0v) is 8.38. The van der Waals surface area contributed by atoms with Crippen LogP contribution in [-0.4, -0.2) is 5.11 Å². The third kappa shape index (κ3) is 2.58. The van der Waals surface area contributed by atoms with E-state index in [-0.39, 0.29) is 0 Å². The summed E-state index contributed by atoms with van der Waals surface area (Å²) in [6, 6.07) is 7.20.